The molecule has 4 nitrogen and oxygen atoms in total. The van der Waals surface area contributed by atoms with Crippen molar-refractivity contribution in [2.24, 2.45) is 0 Å². The Bertz CT molecular complexity index is 836. The Labute approximate surface area is 138 Å². The van der Waals surface area contributed by atoms with E-state index in [-0.39, 0.29) is 0 Å². The van der Waals surface area contributed by atoms with Crippen LogP contribution in [0.5, 0.6) is 5.75 Å². The monoisotopic (exact) mass is 324 g/mol. The molecule has 1 aliphatic heterocycles. The molecule has 0 fully saturated rings. The molecule has 1 unspecified atom stereocenters. The van der Waals surface area contributed by atoms with E-state index in [9.17, 15) is 0 Å². The Kier molecular flexibility index (Phi) is 3.69. The average Bonchev–Trinajstić information content (AvgIpc) is 2.62. The van der Waals surface area contributed by atoms with Crippen molar-refractivity contribution in [2.75, 3.05) is 0 Å². The average molecular weight is 325 g/mol. The normalized spacial score (nSPS) is 16.5. The molecule has 0 bridgehead atoms. The van der Waals surface area contributed by atoms with E-state index in [1.807, 2.05) is 54.6 Å². The lowest BCUT2D eigenvalue weighted by atomic mass is 10.1. The third kappa shape index (κ3) is 2.91. The van der Waals surface area contributed by atoms with Crippen molar-refractivity contribution >= 4 is 11.6 Å². The maximum Gasteiger partial charge on any atom is 0.244 e. The fraction of sp³-hybridized carbons (Fsp3) is 0.111. The summed E-state index contributed by atoms with van der Waals surface area (Å²) in [5.74, 6) is 0.829. The molecule has 0 amide bonds. The molecule has 5 heteroatoms. The number of ether oxygens (including phenoxy) is 2. The van der Waals surface area contributed by atoms with E-state index in [0.29, 0.717) is 17.3 Å². The molecule has 0 spiro atoms. The van der Waals surface area contributed by atoms with Gasteiger partial charge in [-0.1, -0.05) is 41.9 Å². The molecule has 2 heterocycles. The molecule has 3 aromatic rings. The minimum Gasteiger partial charge on any atom is -0.459 e. The number of hydrogen-bond acceptors (Lipinski definition) is 4. The van der Waals surface area contributed by atoms with Crippen molar-refractivity contribution in [1.29, 1.82) is 0 Å². The van der Waals surface area contributed by atoms with Crippen LogP contribution in [0.25, 0.3) is 11.3 Å². The zero-order valence-corrected chi connectivity index (χ0v) is 12.9. The summed E-state index contributed by atoms with van der Waals surface area (Å²) < 4.78 is 11.7. The Hall–Kier alpha value is -2.43. The SMILES string of the molecule is Clc1ccc(-c2cc(C3OCc4ccccc4O3)ncn2)cc1. The molecular formula is C18H13ClN2O2. The van der Waals surface area contributed by atoms with Gasteiger partial charge in [0.05, 0.1) is 12.3 Å². The Morgan fingerprint density at radius 1 is 1.00 bits per heavy atom. The van der Waals surface area contributed by atoms with Gasteiger partial charge in [0.2, 0.25) is 6.29 Å². The summed E-state index contributed by atoms with van der Waals surface area (Å²) in [4.78, 5) is 8.61. The quantitative estimate of drug-likeness (QED) is 0.700. The van der Waals surface area contributed by atoms with Crippen LogP contribution in [0.2, 0.25) is 5.02 Å². The van der Waals surface area contributed by atoms with E-state index >= 15 is 0 Å². The highest BCUT2D eigenvalue weighted by atomic mass is 35.5. The number of fused-ring (bicyclic) bond motifs is 1. The standard InChI is InChI=1S/C18H13ClN2O2/c19-14-7-5-12(6-8-14)15-9-16(21-11-20-15)18-22-10-13-3-1-2-4-17(13)23-18/h1-9,11,18H,10H2. The van der Waals surface area contributed by atoms with Gasteiger partial charge in [0.1, 0.15) is 17.8 Å². The number of benzene rings is 2. The van der Waals surface area contributed by atoms with Crippen LogP contribution < -0.4 is 4.74 Å². The molecule has 0 radical (unpaired) electrons. The predicted molar refractivity (Wildman–Crippen MR) is 87.1 cm³/mol. The Balaban J connectivity index is 1.63. The second kappa shape index (κ2) is 5.99. The maximum absolute atomic E-state index is 5.93. The molecule has 1 aliphatic rings. The lowest BCUT2D eigenvalue weighted by Gasteiger charge is -2.25. The van der Waals surface area contributed by atoms with Crippen LogP contribution >= 0.6 is 11.6 Å². The van der Waals surface area contributed by atoms with Crippen LogP contribution in [0.15, 0.2) is 60.9 Å². The van der Waals surface area contributed by atoms with Crippen molar-refractivity contribution in [1.82, 2.24) is 9.97 Å². The molecule has 0 saturated heterocycles. The van der Waals surface area contributed by atoms with Gasteiger partial charge in [0, 0.05) is 16.1 Å². The summed E-state index contributed by atoms with van der Waals surface area (Å²) in [5.41, 5.74) is 3.50. The highest BCUT2D eigenvalue weighted by Gasteiger charge is 2.23. The van der Waals surface area contributed by atoms with Crippen molar-refractivity contribution in [3.63, 3.8) is 0 Å². The fourth-order valence-electron chi connectivity index (χ4n) is 2.48. The molecule has 0 aliphatic carbocycles. The molecule has 0 saturated carbocycles. The molecule has 0 N–H and O–H groups in total. The summed E-state index contributed by atoms with van der Waals surface area (Å²) in [5, 5.41) is 0.693. The first-order valence-electron chi connectivity index (χ1n) is 7.24. The van der Waals surface area contributed by atoms with E-state index in [1.54, 1.807) is 0 Å². The van der Waals surface area contributed by atoms with Crippen molar-refractivity contribution in [2.45, 2.75) is 12.9 Å². The highest BCUT2D eigenvalue weighted by Crippen LogP contribution is 2.32. The summed E-state index contributed by atoms with van der Waals surface area (Å²) in [7, 11) is 0. The van der Waals surface area contributed by atoms with Crippen molar-refractivity contribution in [3.8, 4) is 17.0 Å². The van der Waals surface area contributed by atoms with E-state index in [0.717, 1.165) is 22.6 Å². The zero-order valence-electron chi connectivity index (χ0n) is 12.1. The molecule has 1 aromatic heterocycles. The molecule has 23 heavy (non-hydrogen) atoms. The first kappa shape index (κ1) is 14.2. The second-order valence-electron chi connectivity index (χ2n) is 5.20. The number of para-hydroxylation sites is 1. The summed E-state index contributed by atoms with van der Waals surface area (Å²) in [6.07, 6.45) is 0.992. The van der Waals surface area contributed by atoms with E-state index in [4.69, 9.17) is 21.1 Å². The predicted octanol–water partition coefficient (Wildman–Crippen LogP) is 4.40. The molecular weight excluding hydrogens is 312 g/mol. The fourth-order valence-corrected chi connectivity index (χ4v) is 2.60. The van der Waals surface area contributed by atoms with Crippen LogP contribution in [0.4, 0.5) is 0 Å². The van der Waals surface area contributed by atoms with Gasteiger partial charge < -0.3 is 9.47 Å². The van der Waals surface area contributed by atoms with E-state index in [2.05, 4.69) is 9.97 Å². The van der Waals surface area contributed by atoms with E-state index < -0.39 is 6.29 Å². The van der Waals surface area contributed by atoms with E-state index in [1.165, 1.54) is 6.33 Å². The van der Waals surface area contributed by atoms with Crippen LogP contribution in [-0.4, -0.2) is 9.97 Å². The lowest BCUT2D eigenvalue weighted by molar-refractivity contribution is -0.114. The Morgan fingerprint density at radius 3 is 2.70 bits per heavy atom. The van der Waals surface area contributed by atoms with Crippen LogP contribution in [0.3, 0.4) is 0 Å². The number of halogens is 1. The van der Waals surface area contributed by atoms with Gasteiger partial charge in [-0.2, -0.15) is 0 Å². The minimum atomic E-state index is -0.529. The molecule has 114 valence electrons. The zero-order chi connectivity index (χ0) is 15.6. The smallest absolute Gasteiger partial charge is 0.244 e. The number of rotatable bonds is 2. The van der Waals surface area contributed by atoms with Crippen LogP contribution in [0.1, 0.15) is 17.5 Å². The maximum atomic E-state index is 5.93. The topological polar surface area (TPSA) is 44.2 Å². The third-order valence-corrected chi connectivity index (χ3v) is 3.92. The highest BCUT2D eigenvalue weighted by molar-refractivity contribution is 6.30. The van der Waals surface area contributed by atoms with Crippen LogP contribution in [0, 0.1) is 0 Å². The first-order valence-corrected chi connectivity index (χ1v) is 7.61. The lowest BCUT2D eigenvalue weighted by Crippen LogP contribution is -2.19. The van der Waals surface area contributed by atoms with Gasteiger partial charge in [-0.15, -0.1) is 0 Å². The summed E-state index contributed by atoms with van der Waals surface area (Å²) in [6, 6.07) is 17.2. The van der Waals surface area contributed by atoms with Gasteiger partial charge in [-0.05, 0) is 24.3 Å². The molecule has 2 aromatic carbocycles. The summed E-state index contributed by atoms with van der Waals surface area (Å²) in [6.45, 7) is 0.501. The minimum absolute atomic E-state index is 0.501. The molecule has 4 rings (SSSR count). The van der Waals surface area contributed by atoms with Gasteiger partial charge in [-0.25, -0.2) is 9.97 Å². The Morgan fingerprint density at radius 2 is 1.83 bits per heavy atom. The second-order valence-corrected chi connectivity index (χ2v) is 5.64. The number of aromatic nitrogens is 2. The summed E-state index contributed by atoms with van der Waals surface area (Å²) >= 11 is 5.93. The van der Waals surface area contributed by atoms with Gasteiger partial charge in [0.25, 0.3) is 0 Å². The van der Waals surface area contributed by atoms with Crippen molar-refractivity contribution < 1.29 is 9.47 Å². The first-order chi connectivity index (χ1) is 11.3. The number of nitrogens with zero attached hydrogens (tertiary/aromatic N) is 2. The largest absolute Gasteiger partial charge is 0.459 e. The molecule has 1 atom stereocenters. The van der Waals surface area contributed by atoms with Gasteiger partial charge in [0.15, 0.2) is 0 Å². The van der Waals surface area contributed by atoms with Gasteiger partial charge in [-0.3, -0.25) is 0 Å². The number of hydrogen-bond donors (Lipinski definition) is 0. The van der Waals surface area contributed by atoms with Crippen LogP contribution in [-0.2, 0) is 11.3 Å². The van der Waals surface area contributed by atoms with Crippen molar-refractivity contribution in [3.05, 3.63) is 77.2 Å². The third-order valence-electron chi connectivity index (χ3n) is 3.67. The van der Waals surface area contributed by atoms with Gasteiger partial charge >= 0.3 is 0 Å².